The van der Waals surface area contributed by atoms with Crippen LogP contribution >= 0.6 is 11.6 Å². The number of fused-ring (bicyclic) bond motifs is 1. The van der Waals surface area contributed by atoms with Gasteiger partial charge in [-0.2, -0.15) is 0 Å². The van der Waals surface area contributed by atoms with E-state index in [1.165, 1.54) is 20.3 Å². The first-order chi connectivity index (χ1) is 12.5. The fourth-order valence-electron chi connectivity index (χ4n) is 2.62. The van der Waals surface area contributed by atoms with Gasteiger partial charge in [0.2, 0.25) is 11.5 Å². The molecule has 0 bridgehead atoms. The van der Waals surface area contributed by atoms with Gasteiger partial charge in [-0.3, -0.25) is 4.79 Å². The van der Waals surface area contributed by atoms with Crippen molar-refractivity contribution in [2.75, 3.05) is 33.2 Å². The van der Waals surface area contributed by atoms with Gasteiger partial charge in [0.15, 0.2) is 11.5 Å². The lowest BCUT2D eigenvalue weighted by Gasteiger charge is -2.21. The zero-order valence-corrected chi connectivity index (χ0v) is 15.1. The fourth-order valence-corrected chi connectivity index (χ4v) is 2.85. The summed E-state index contributed by atoms with van der Waals surface area (Å²) in [6.45, 7) is 0.901. The number of hydrogen-bond donors (Lipinski definition) is 1. The van der Waals surface area contributed by atoms with Crippen LogP contribution in [0.4, 0.5) is 5.69 Å². The highest BCUT2D eigenvalue weighted by Gasteiger charge is 2.20. The number of carbonyl (C=O) groups is 1. The summed E-state index contributed by atoms with van der Waals surface area (Å²) in [5, 5.41) is 0.0202. The molecule has 0 saturated heterocycles. The second kappa shape index (κ2) is 7.58. The maximum Gasteiger partial charge on any atom is 0.204 e. The van der Waals surface area contributed by atoms with Crippen molar-refractivity contribution in [1.82, 2.24) is 0 Å². The first kappa shape index (κ1) is 17.9. The predicted molar refractivity (Wildman–Crippen MR) is 99.6 cm³/mol. The summed E-state index contributed by atoms with van der Waals surface area (Å²) in [6, 6.07) is 8.25. The number of nitrogen functional groups attached to an aromatic ring is 1. The van der Waals surface area contributed by atoms with Gasteiger partial charge in [-0.25, -0.2) is 0 Å². The summed E-state index contributed by atoms with van der Waals surface area (Å²) in [5.74, 6) is 1.61. The molecule has 136 valence electrons. The molecule has 2 aromatic rings. The van der Waals surface area contributed by atoms with Crippen LogP contribution in [0.1, 0.15) is 15.9 Å². The summed E-state index contributed by atoms with van der Waals surface area (Å²) >= 11 is 6.26. The Morgan fingerprint density at radius 3 is 2.65 bits per heavy atom. The smallest absolute Gasteiger partial charge is 0.204 e. The van der Waals surface area contributed by atoms with Crippen LogP contribution in [-0.4, -0.2) is 33.2 Å². The number of ether oxygens (including phenoxy) is 4. The predicted octanol–water partition coefficient (Wildman–Crippen LogP) is 3.52. The van der Waals surface area contributed by atoms with E-state index in [4.69, 9.17) is 36.3 Å². The number of rotatable bonds is 5. The molecule has 0 atom stereocenters. The van der Waals surface area contributed by atoms with Gasteiger partial charge in [-0.1, -0.05) is 11.6 Å². The van der Waals surface area contributed by atoms with Crippen LogP contribution in [0.25, 0.3) is 6.08 Å². The normalized spacial score (nSPS) is 13.3. The minimum atomic E-state index is -0.359. The largest absolute Gasteiger partial charge is 0.495 e. The fraction of sp³-hybridized carbons (Fsp3) is 0.211. The highest BCUT2D eigenvalue weighted by molar-refractivity contribution is 6.47. The summed E-state index contributed by atoms with van der Waals surface area (Å²) in [6.07, 6.45) is 1.53. The molecule has 0 spiro atoms. The van der Waals surface area contributed by atoms with Gasteiger partial charge >= 0.3 is 0 Å². The molecule has 0 fully saturated rings. The number of benzene rings is 2. The Hall–Kier alpha value is -2.86. The number of carbonyl (C=O) groups excluding carboxylic acids is 1. The zero-order valence-electron chi connectivity index (χ0n) is 14.4. The van der Waals surface area contributed by atoms with Crippen molar-refractivity contribution in [1.29, 1.82) is 0 Å². The molecule has 0 amide bonds. The lowest BCUT2D eigenvalue weighted by Crippen LogP contribution is -2.16. The molecule has 3 rings (SSSR count). The molecule has 0 aliphatic carbocycles. The van der Waals surface area contributed by atoms with E-state index in [0.29, 0.717) is 53.0 Å². The van der Waals surface area contributed by atoms with Crippen molar-refractivity contribution in [3.63, 3.8) is 0 Å². The Morgan fingerprint density at radius 1 is 1.15 bits per heavy atom. The summed E-state index contributed by atoms with van der Waals surface area (Å²) in [5.41, 5.74) is 7.20. The average molecular weight is 376 g/mol. The molecule has 1 aliphatic heterocycles. The third kappa shape index (κ3) is 3.41. The molecule has 1 heterocycles. The summed E-state index contributed by atoms with van der Waals surface area (Å²) in [7, 11) is 3.00. The van der Waals surface area contributed by atoms with Crippen molar-refractivity contribution < 1.29 is 23.7 Å². The molecular formula is C19H18ClNO5. The summed E-state index contributed by atoms with van der Waals surface area (Å²) in [4.78, 5) is 12.6. The minimum absolute atomic E-state index is 0.0202. The van der Waals surface area contributed by atoms with Crippen LogP contribution < -0.4 is 24.7 Å². The number of methoxy groups -OCH3 is 2. The molecule has 1 aliphatic rings. The number of anilines is 1. The quantitative estimate of drug-likeness (QED) is 0.489. The van der Waals surface area contributed by atoms with Crippen LogP contribution in [-0.2, 0) is 0 Å². The first-order valence-corrected chi connectivity index (χ1v) is 8.25. The standard InChI is InChI=1S/C19H18ClNO5/c1-23-16-10-11(3-5-14(16)21)17(22)13(20)9-12-4-6-15-19(18(12)24-2)26-8-7-25-15/h3-6,9-10H,7-8,21H2,1-2H3. The number of halogens is 1. The molecule has 26 heavy (non-hydrogen) atoms. The van der Waals surface area contributed by atoms with E-state index in [0.717, 1.165) is 0 Å². The molecule has 0 saturated carbocycles. The maximum atomic E-state index is 12.6. The second-order valence-corrected chi connectivity index (χ2v) is 5.90. The van der Waals surface area contributed by atoms with Gasteiger partial charge < -0.3 is 24.7 Å². The van der Waals surface area contributed by atoms with E-state index in [1.54, 1.807) is 30.3 Å². The minimum Gasteiger partial charge on any atom is -0.495 e. The topological polar surface area (TPSA) is 80.0 Å². The Balaban J connectivity index is 1.96. The molecular weight excluding hydrogens is 358 g/mol. The Kier molecular flexibility index (Phi) is 5.23. The number of ketones is 1. The third-order valence-electron chi connectivity index (χ3n) is 3.89. The van der Waals surface area contributed by atoms with Gasteiger partial charge in [0, 0.05) is 11.1 Å². The molecule has 0 radical (unpaired) electrons. The van der Waals surface area contributed by atoms with Gasteiger partial charge in [-0.15, -0.1) is 0 Å². The van der Waals surface area contributed by atoms with E-state index < -0.39 is 0 Å². The average Bonchev–Trinajstić information content (AvgIpc) is 2.67. The number of allylic oxidation sites excluding steroid dienone is 1. The van der Waals surface area contributed by atoms with Gasteiger partial charge in [-0.05, 0) is 36.4 Å². The monoisotopic (exact) mass is 375 g/mol. The third-order valence-corrected chi connectivity index (χ3v) is 4.17. The SMILES string of the molecule is COc1cc(C(=O)C(Cl)=Cc2ccc3c(c2OC)OCCO3)ccc1N. The lowest BCUT2D eigenvalue weighted by atomic mass is 10.1. The van der Waals surface area contributed by atoms with E-state index in [1.807, 2.05) is 0 Å². The molecule has 7 heteroatoms. The molecule has 0 unspecified atom stereocenters. The van der Waals surface area contributed by atoms with E-state index in [-0.39, 0.29) is 10.8 Å². The first-order valence-electron chi connectivity index (χ1n) is 7.87. The Morgan fingerprint density at radius 2 is 1.92 bits per heavy atom. The molecule has 0 aromatic heterocycles. The van der Waals surface area contributed by atoms with Gasteiger partial charge in [0.25, 0.3) is 0 Å². The van der Waals surface area contributed by atoms with Crippen LogP contribution in [0.2, 0.25) is 0 Å². The van der Waals surface area contributed by atoms with Crippen molar-refractivity contribution in [2.45, 2.75) is 0 Å². The van der Waals surface area contributed by atoms with E-state index >= 15 is 0 Å². The van der Waals surface area contributed by atoms with Crippen LogP contribution in [0.15, 0.2) is 35.4 Å². The molecule has 2 aromatic carbocycles. The van der Waals surface area contributed by atoms with Crippen LogP contribution in [0, 0.1) is 0 Å². The Labute approximate surface area is 156 Å². The van der Waals surface area contributed by atoms with Gasteiger partial charge in [0.05, 0.1) is 24.9 Å². The van der Waals surface area contributed by atoms with E-state index in [2.05, 4.69) is 0 Å². The van der Waals surface area contributed by atoms with Crippen molar-refractivity contribution >= 4 is 29.1 Å². The van der Waals surface area contributed by atoms with Crippen LogP contribution in [0.3, 0.4) is 0 Å². The van der Waals surface area contributed by atoms with E-state index in [9.17, 15) is 4.79 Å². The summed E-state index contributed by atoms with van der Waals surface area (Å²) < 4.78 is 21.7. The highest BCUT2D eigenvalue weighted by Crippen LogP contribution is 2.42. The molecule has 2 N–H and O–H groups in total. The van der Waals surface area contributed by atoms with Crippen molar-refractivity contribution in [3.8, 4) is 23.0 Å². The van der Waals surface area contributed by atoms with Crippen molar-refractivity contribution in [3.05, 3.63) is 46.5 Å². The highest BCUT2D eigenvalue weighted by atomic mass is 35.5. The maximum absolute atomic E-state index is 12.6. The van der Waals surface area contributed by atoms with Gasteiger partial charge in [0.1, 0.15) is 19.0 Å². The molecule has 6 nitrogen and oxygen atoms in total. The Bertz CT molecular complexity index is 878. The zero-order chi connectivity index (χ0) is 18.7. The van der Waals surface area contributed by atoms with Crippen molar-refractivity contribution in [2.24, 2.45) is 0 Å². The van der Waals surface area contributed by atoms with Crippen LogP contribution in [0.5, 0.6) is 23.0 Å². The number of nitrogens with two attached hydrogens (primary N) is 1. The number of hydrogen-bond acceptors (Lipinski definition) is 6. The lowest BCUT2D eigenvalue weighted by molar-refractivity contribution is 0.104. The second-order valence-electron chi connectivity index (χ2n) is 5.49. The number of Topliss-reactive ketones (excluding diaryl/α,β-unsaturated/α-hetero) is 1.